The van der Waals surface area contributed by atoms with Gasteiger partial charge in [0.15, 0.2) is 0 Å². The van der Waals surface area contributed by atoms with Crippen LogP contribution in [-0.2, 0) is 9.53 Å². The quantitative estimate of drug-likeness (QED) is 0.804. The van der Waals surface area contributed by atoms with Crippen LogP contribution < -0.4 is 15.0 Å². The minimum atomic E-state index is -0.637. The van der Waals surface area contributed by atoms with Crippen LogP contribution in [0.1, 0.15) is 17.3 Å². The van der Waals surface area contributed by atoms with Crippen LogP contribution in [0.25, 0.3) is 0 Å². The van der Waals surface area contributed by atoms with Gasteiger partial charge in [-0.3, -0.25) is 14.5 Å². The Kier molecular flexibility index (Phi) is 6.73. The molecule has 0 unspecified atom stereocenters. The van der Waals surface area contributed by atoms with Gasteiger partial charge in [0.2, 0.25) is 0 Å². The van der Waals surface area contributed by atoms with Gasteiger partial charge in [-0.15, -0.1) is 0 Å². The topological polar surface area (TPSA) is 84.9 Å². The average Bonchev–Trinajstić information content (AvgIpc) is 2.66. The van der Waals surface area contributed by atoms with Gasteiger partial charge < -0.3 is 14.8 Å². The van der Waals surface area contributed by atoms with Gasteiger partial charge in [0.25, 0.3) is 5.91 Å². The molecule has 0 saturated carbocycles. The Morgan fingerprint density at radius 1 is 1.00 bits per heavy atom. The highest BCUT2D eigenvalue weighted by Crippen LogP contribution is 2.21. The van der Waals surface area contributed by atoms with E-state index in [1.807, 2.05) is 6.07 Å². The van der Waals surface area contributed by atoms with Crippen LogP contribution in [0.4, 0.5) is 10.5 Å². The highest BCUT2D eigenvalue weighted by atomic mass is 16.6. The summed E-state index contributed by atoms with van der Waals surface area (Å²) < 4.78 is 10.0. The second-order valence-electron chi connectivity index (χ2n) is 5.24. The van der Waals surface area contributed by atoms with Crippen LogP contribution in [-0.4, -0.2) is 38.2 Å². The molecule has 136 valence electrons. The van der Waals surface area contributed by atoms with Crippen molar-refractivity contribution in [1.29, 1.82) is 0 Å². The lowest BCUT2D eigenvalue weighted by Gasteiger charge is -2.19. The van der Waals surface area contributed by atoms with Gasteiger partial charge in [0.05, 0.1) is 17.9 Å². The fourth-order valence-electron chi connectivity index (χ4n) is 2.17. The maximum Gasteiger partial charge on any atom is 0.419 e. The summed E-state index contributed by atoms with van der Waals surface area (Å²) in [6.07, 6.45) is -0.637. The van der Waals surface area contributed by atoms with E-state index in [0.29, 0.717) is 11.4 Å². The van der Waals surface area contributed by atoms with Crippen molar-refractivity contribution in [3.05, 3.63) is 60.2 Å². The molecule has 0 heterocycles. The molecular formula is C19H20N2O5. The molecule has 2 aromatic rings. The maximum atomic E-state index is 12.4. The number of benzene rings is 2. The summed E-state index contributed by atoms with van der Waals surface area (Å²) in [4.78, 5) is 37.3. The first-order chi connectivity index (χ1) is 12.5. The largest absolute Gasteiger partial charge is 0.465 e. The summed E-state index contributed by atoms with van der Waals surface area (Å²) in [6, 6.07) is 15.2. The van der Waals surface area contributed by atoms with Gasteiger partial charge in [0, 0.05) is 7.05 Å². The van der Waals surface area contributed by atoms with Crippen LogP contribution >= 0.6 is 0 Å². The highest BCUT2D eigenvalue weighted by Gasteiger charge is 2.20. The van der Waals surface area contributed by atoms with E-state index in [0.717, 1.165) is 0 Å². The maximum absolute atomic E-state index is 12.4. The number of hydrogen-bond donors (Lipinski definition) is 1. The van der Waals surface area contributed by atoms with Crippen molar-refractivity contribution in [3.63, 3.8) is 0 Å². The molecular weight excluding hydrogens is 336 g/mol. The highest BCUT2D eigenvalue weighted by molar-refractivity contribution is 6.04. The van der Waals surface area contributed by atoms with Crippen LogP contribution in [0.15, 0.2) is 54.6 Å². The number of para-hydroxylation sites is 2. The second kappa shape index (κ2) is 9.22. The molecule has 0 aliphatic rings. The third-order valence-electron chi connectivity index (χ3n) is 3.43. The van der Waals surface area contributed by atoms with Crippen molar-refractivity contribution in [1.82, 2.24) is 5.32 Å². The zero-order valence-electron chi connectivity index (χ0n) is 14.6. The summed E-state index contributed by atoms with van der Waals surface area (Å²) in [5.74, 6) is -0.628. The number of anilines is 1. The monoisotopic (exact) mass is 356 g/mol. The number of rotatable bonds is 6. The Morgan fingerprint density at radius 3 is 2.35 bits per heavy atom. The molecule has 1 N–H and O–H groups in total. The first-order valence-electron chi connectivity index (χ1n) is 8.06. The predicted octanol–water partition coefficient (Wildman–Crippen LogP) is 2.61. The number of ether oxygens (including phenoxy) is 2. The van der Waals surface area contributed by atoms with Crippen LogP contribution in [0.5, 0.6) is 5.75 Å². The number of nitrogens with zero attached hydrogens (tertiary/aromatic N) is 1. The van der Waals surface area contributed by atoms with E-state index in [4.69, 9.17) is 9.47 Å². The third-order valence-corrected chi connectivity index (χ3v) is 3.43. The summed E-state index contributed by atoms with van der Waals surface area (Å²) in [6.45, 7) is 1.67. The molecule has 0 aromatic heterocycles. The zero-order chi connectivity index (χ0) is 18.9. The molecule has 7 heteroatoms. The molecule has 26 heavy (non-hydrogen) atoms. The van der Waals surface area contributed by atoms with E-state index < -0.39 is 18.0 Å². The molecule has 2 aromatic carbocycles. The van der Waals surface area contributed by atoms with Crippen LogP contribution in [0, 0.1) is 0 Å². The van der Waals surface area contributed by atoms with Crippen molar-refractivity contribution in [2.45, 2.75) is 6.92 Å². The Labute approximate surface area is 151 Å². The van der Waals surface area contributed by atoms with E-state index in [1.165, 1.54) is 11.9 Å². The number of hydrogen-bond acceptors (Lipinski definition) is 5. The normalized spacial score (nSPS) is 9.92. The summed E-state index contributed by atoms with van der Waals surface area (Å²) in [7, 11) is 1.50. The number of carbonyl (C=O) groups is 3. The first kappa shape index (κ1) is 19.0. The summed E-state index contributed by atoms with van der Waals surface area (Å²) in [5, 5.41) is 2.48. The fourth-order valence-corrected chi connectivity index (χ4v) is 2.17. The Hall–Kier alpha value is -3.35. The molecule has 0 saturated heterocycles. The van der Waals surface area contributed by atoms with E-state index in [9.17, 15) is 14.4 Å². The van der Waals surface area contributed by atoms with Gasteiger partial charge in [-0.1, -0.05) is 30.3 Å². The molecule has 0 bridgehead atoms. The molecule has 0 radical (unpaired) electrons. The molecule has 0 aliphatic carbocycles. The molecule has 0 aliphatic heterocycles. The van der Waals surface area contributed by atoms with Crippen molar-refractivity contribution >= 4 is 23.7 Å². The Bertz CT molecular complexity index is 777. The van der Waals surface area contributed by atoms with Crippen molar-refractivity contribution in [2.24, 2.45) is 0 Å². The SMILES string of the molecule is CCOC(=O)CNC(=O)c1ccccc1N(C)C(=O)Oc1ccccc1. The average molecular weight is 356 g/mol. The van der Waals surface area contributed by atoms with Gasteiger partial charge in [-0.25, -0.2) is 4.79 Å². The van der Waals surface area contributed by atoms with Crippen LogP contribution in [0.2, 0.25) is 0 Å². The molecule has 2 amide bonds. The van der Waals surface area contributed by atoms with Crippen molar-refractivity contribution < 1.29 is 23.9 Å². The number of carbonyl (C=O) groups excluding carboxylic acids is 3. The van der Waals surface area contributed by atoms with Gasteiger partial charge in [-0.2, -0.15) is 0 Å². The van der Waals surface area contributed by atoms with Gasteiger partial charge >= 0.3 is 12.1 Å². The minimum Gasteiger partial charge on any atom is -0.465 e. The Balaban J connectivity index is 2.10. The number of esters is 1. The lowest BCUT2D eigenvalue weighted by Crippen LogP contribution is -2.34. The van der Waals surface area contributed by atoms with E-state index in [1.54, 1.807) is 55.5 Å². The van der Waals surface area contributed by atoms with Crippen molar-refractivity contribution in [2.75, 3.05) is 25.1 Å². The number of amides is 2. The van der Waals surface area contributed by atoms with Crippen LogP contribution in [0.3, 0.4) is 0 Å². The summed E-state index contributed by atoms with van der Waals surface area (Å²) >= 11 is 0. The minimum absolute atomic E-state index is 0.235. The standard InChI is InChI=1S/C19H20N2O5/c1-3-25-17(22)13-20-18(23)15-11-7-8-12-16(15)21(2)19(24)26-14-9-5-4-6-10-14/h4-12H,3,13H2,1-2H3,(H,20,23). The molecule has 0 spiro atoms. The van der Waals surface area contributed by atoms with E-state index >= 15 is 0 Å². The fraction of sp³-hybridized carbons (Fsp3) is 0.211. The first-order valence-corrected chi connectivity index (χ1v) is 8.06. The summed E-state index contributed by atoms with van der Waals surface area (Å²) in [5.41, 5.74) is 0.596. The Morgan fingerprint density at radius 2 is 1.65 bits per heavy atom. The molecule has 0 fully saturated rings. The van der Waals surface area contributed by atoms with Crippen molar-refractivity contribution in [3.8, 4) is 5.75 Å². The van der Waals surface area contributed by atoms with E-state index in [-0.39, 0.29) is 18.7 Å². The van der Waals surface area contributed by atoms with Gasteiger partial charge in [0.1, 0.15) is 12.3 Å². The molecule has 2 rings (SSSR count). The van der Waals surface area contributed by atoms with E-state index in [2.05, 4.69) is 5.32 Å². The van der Waals surface area contributed by atoms with Gasteiger partial charge in [-0.05, 0) is 31.2 Å². The molecule has 7 nitrogen and oxygen atoms in total. The lowest BCUT2D eigenvalue weighted by atomic mass is 10.1. The molecule has 0 atom stereocenters. The predicted molar refractivity (Wildman–Crippen MR) is 96.3 cm³/mol. The number of nitrogens with one attached hydrogen (secondary N) is 1. The third kappa shape index (κ3) is 5.07. The zero-order valence-corrected chi connectivity index (χ0v) is 14.6. The smallest absolute Gasteiger partial charge is 0.419 e. The lowest BCUT2D eigenvalue weighted by molar-refractivity contribution is -0.141. The second-order valence-corrected chi connectivity index (χ2v) is 5.24.